The van der Waals surface area contributed by atoms with Crippen LogP contribution in [0.3, 0.4) is 0 Å². The molecule has 84 valence electrons. The van der Waals surface area contributed by atoms with Gasteiger partial charge in [-0.05, 0) is 30.8 Å². The van der Waals surface area contributed by atoms with Crippen LogP contribution in [0.1, 0.15) is 11.3 Å². The molecule has 0 bridgehead atoms. The lowest BCUT2D eigenvalue weighted by Gasteiger charge is -2.07. The second-order valence-corrected chi connectivity index (χ2v) is 4.52. The highest BCUT2D eigenvalue weighted by Crippen LogP contribution is 2.26. The quantitative estimate of drug-likeness (QED) is 0.802. The van der Waals surface area contributed by atoms with Crippen molar-refractivity contribution in [1.82, 2.24) is 5.32 Å². The molecule has 0 aliphatic carbocycles. The minimum Gasteiger partial charge on any atom is -0.468 e. The van der Waals surface area contributed by atoms with Crippen molar-refractivity contribution in [2.24, 2.45) is 0 Å². The third-order valence-electron chi connectivity index (χ3n) is 2.29. The largest absolute Gasteiger partial charge is 0.468 e. The van der Waals surface area contributed by atoms with E-state index in [0.717, 1.165) is 18.1 Å². The maximum atomic E-state index is 5.32. The molecule has 0 aliphatic heterocycles. The maximum Gasteiger partial charge on any atom is 0.113 e. The number of hydrogen-bond acceptors (Lipinski definition) is 3. The monoisotopic (exact) mass is 233 g/mol. The Morgan fingerprint density at radius 1 is 1.19 bits per heavy atom. The average Bonchev–Trinajstić information content (AvgIpc) is 2.81. The van der Waals surface area contributed by atoms with Gasteiger partial charge in [0.05, 0.1) is 12.0 Å². The van der Waals surface area contributed by atoms with Crippen LogP contribution < -0.4 is 5.32 Å². The van der Waals surface area contributed by atoms with E-state index in [1.165, 1.54) is 10.5 Å². The number of rotatable bonds is 5. The fraction of sp³-hybridized carbons (Fsp3) is 0.231. The first kappa shape index (κ1) is 11.3. The van der Waals surface area contributed by atoms with Crippen molar-refractivity contribution in [3.8, 4) is 0 Å². The van der Waals surface area contributed by atoms with E-state index in [4.69, 9.17) is 4.42 Å². The van der Waals surface area contributed by atoms with Gasteiger partial charge in [-0.1, -0.05) is 18.2 Å². The molecule has 0 saturated carbocycles. The Kier molecular flexibility index (Phi) is 4.08. The van der Waals surface area contributed by atoms with Crippen molar-refractivity contribution in [1.29, 1.82) is 0 Å². The summed E-state index contributed by atoms with van der Waals surface area (Å²) in [5.74, 6) is 1.90. The number of benzene rings is 1. The molecule has 16 heavy (non-hydrogen) atoms. The van der Waals surface area contributed by atoms with Crippen molar-refractivity contribution in [3.05, 3.63) is 54.0 Å². The van der Waals surface area contributed by atoms with Crippen LogP contribution in [0.5, 0.6) is 0 Å². The molecule has 3 heteroatoms. The van der Waals surface area contributed by atoms with Crippen molar-refractivity contribution < 1.29 is 4.42 Å². The van der Waals surface area contributed by atoms with Crippen LogP contribution in [0.4, 0.5) is 0 Å². The van der Waals surface area contributed by atoms with Gasteiger partial charge in [-0.15, -0.1) is 11.8 Å². The van der Waals surface area contributed by atoms with Crippen molar-refractivity contribution in [3.63, 3.8) is 0 Å². The van der Waals surface area contributed by atoms with Gasteiger partial charge in [0.1, 0.15) is 5.76 Å². The molecule has 0 aliphatic rings. The van der Waals surface area contributed by atoms with Crippen LogP contribution in [0.2, 0.25) is 0 Å². The number of hydrogen-bond donors (Lipinski definition) is 1. The molecule has 0 saturated heterocycles. The molecule has 0 amide bonds. The summed E-state index contributed by atoms with van der Waals surface area (Å²) in [6.07, 6.45) is 1.72. The SMILES string of the molecule is CNCc1ccccc1SCc1ccco1. The third kappa shape index (κ3) is 2.90. The summed E-state index contributed by atoms with van der Waals surface area (Å²) in [5, 5.41) is 3.18. The van der Waals surface area contributed by atoms with E-state index in [1.54, 1.807) is 6.26 Å². The van der Waals surface area contributed by atoms with E-state index in [0.29, 0.717) is 0 Å². The molecule has 0 unspecified atom stereocenters. The zero-order valence-electron chi connectivity index (χ0n) is 9.27. The summed E-state index contributed by atoms with van der Waals surface area (Å²) < 4.78 is 5.32. The van der Waals surface area contributed by atoms with Crippen molar-refractivity contribution in [2.45, 2.75) is 17.2 Å². The lowest BCUT2D eigenvalue weighted by Crippen LogP contribution is -2.05. The third-order valence-corrected chi connectivity index (χ3v) is 3.43. The predicted octanol–water partition coefficient (Wildman–Crippen LogP) is 3.29. The van der Waals surface area contributed by atoms with Gasteiger partial charge in [0.2, 0.25) is 0 Å². The van der Waals surface area contributed by atoms with Crippen molar-refractivity contribution >= 4 is 11.8 Å². The van der Waals surface area contributed by atoms with Gasteiger partial charge in [-0.2, -0.15) is 0 Å². The van der Waals surface area contributed by atoms with Gasteiger partial charge in [-0.25, -0.2) is 0 Å². The van der Waals surface area contributed by atoms with Crippen LogP contribution in [-0.4, -0.2) is 7.05 Å². The van der Waals surface area contributed by atoms with E-state index in [9.17, 15) is 0 Å². The zero-order chi connectivity index (χ0) is 11.2. The fourth-order valence-corrected chi connectivity index (χ4v) is 2.49. The summed E-state index contributed by atoms with van der Waals surface area (Å²) in [5.41, 5.74) is 1.33. The predicted molar refractivity (Wildman–Crippen MR) is 67.5 cm³/mol. The van der Waals surface area contributed by atoms with Gasteiger partial charge >= 0.3 is 0 Å². The van der Waals surface area contributed by atoms with Gasteiger partial charge in [-0.3, -0.25) is 0 Å². The highest BCUT2D eigenvalue weighted by atomic mass is 32.2. The molecular weight excluding hydrogens is 218 g/mol. The minimum absolute atomic E-state index is 0.883. The summed E-state index contributed by atoms with van der Waals surface area (Å²) >= 11 is 1.81. The van der Waals surface area contributed by atoms with Crippen LogP contribution in [-0.2, 0) is 12.3 Å². The summed E-state index contributed by atoms with van der Waals surface area (Å²) in [6, 6.07) is 12.4. The molecule has 2 rings (SSSR count). The Balaban J connectivity index is 2.03. The molecule has 0 fully saturated rings. The van der Waals surface area contributed by atoms with Crippen LogP contribution in [0.15, 0.2) is 52.0 Å². The molecule has 1 heterocycles. The fourth-order valence-electron chi connectivity index (χ4n) is 1.52. The van der Waals surface area contributed by atoms with E-state index in [-0.39, 0.29) is 0 Å². The smallest absolute Gasteiger partial charge is 0.113 e. The lowest BCUT2D eigenvalue weighted by molar-refractivity contribution is 0.530. The van der Waals surface area contributed by atoms with E-state index >= 15 is 0 Å². The Labute approximate surface area is 100 Å². The first-order chi connectivity index (χ1) is 7.90. The first-order valence-corrected chi connectivity index (χ1v) is 6.26. The normalized spacial score (nSPS) is 10.6. The number of thioether (sulfide) groups is 1. The molecule has 0 atom stereocenters. The van der Waals surface area contributed by atoms with Gasteiger partial charge in [0.25, 0.3) is 0 Å². The number of furan rings is 1. The van der Waals surface area contributed by atoms with E-state index in [1.807, 2.05) is 30.9 Å². The molecule has 2 aromatic rings. The zero-order valence-corrected chi connectivity index (χ0v) is 10.1. The Morgan fingerprint density at radius 3 is 2.81 bits per heavy atom. The Bertz CT molecular complexity index is 425. The highest BCUT2D eigenvalue weighted by Gasteiger charge is 2.03. The van der Waals surface area contributed by atoms with Crippen LogP contribution in [0, 0.1) is 0 Å². The second kappa shape index (κ2) is 5.77. The van der Waals surface area contributed by atoms with Crippen LogP contribution in [0.25, 0.3) is 0 Å². The Morgan fingerprint density at radius 2 is 2.06 bits per heavy atom. The van der Waals surface area contributed by atoms with Crippen molar-refractivity contribution in [2.75, 3.05) is 7.05 Å². The van der Waals surface area contributed by atoms with Gasteiger partial charge in [0, 0.05) is 11.4 Å². The number of nitrogens with one attached hydrogen (secondary N) is 1. The summed E-state index contributed by atoms with van der Waals surface area (Å²) in [6.45, 7) is 0.904. The minimum atomic E-state index is 0.883. The van der Waals surface area contributed by atoms with Gasteiger partial charge < -0.3 is 9.73 Å². The molecule has 2 nitrogen and oxygen atoms in total. The standard InChI is InChI=1S/C13H15NOS/c1-14-9-11-5-2-3-7-13(11)16-10-12-6-4-8-15-12/h2-8,14H,9-10H2,1H3. The molecule has 1 N–H and O–H groups in total. The first-order valence-electron chi connectivity index (χ1n) is 5.28. The van der Waals surface area contributed by atoms with Crippen LogP contribution >= 0.6 is 11.8 Å². The molecule has 1 aromatic heterocycles. The molecule has 0 spiro atoms. The summed E-state index contributed by atoms with van der Waals surface area (Å²) in [4.78, 5) is 1.31. The topological polar surface area (TPSA) is 25.2 Å². The van der Waals surface area contributed by atoms with Gasteiger partial charge in [0.15, 0.2) is 0 Å². The Hall–Kier alpha value is -1.19. The second-order valence-electron chi connectivity index (χ2n) is 3.51. The summed E-state index contributed by atoms with van der Waals surface area (Å²) in [7, 11) is 1.97. The average molecular weight is 233 g/mol. The van der Waals surface area contributed by atoms with E-state index in [2.05, 4.69) is 29.6 Å². The molecule has 0 radical (unpaired) electrons. The lowest BCUT2D eigenvalue weighted by atomic mass is 10.2. The molecule has 1 aromatic carbocycles. The highest BCUT2D eigenvalue weighted by molar-refractivity contribution is 7.98. The van der Waals surface area contributed by atoms with E-state index < -0.39 is 0 Å². The molecular formula is C13H15NOS. The maximum absolute atomic E-state index is 5.32.